The van der Waals surface area contributed by atoms with Crippen molar-refractivity contribution in [2.45, 2.75) is 24.7 Å². The molecule has 0 aliphatic carbocycles. The molecule has 34 heavy (non-hydrogen) atoms. The van der Waals surface area contributed by atoms with Gasteiger partial charge in [0.1, 0.15) is 29.7 Å². The van der Waals surface area contributed by atoms with Gasteiger partial charge in [-0.3, -0.25) is 13.6 Å². The quantitative estimate of drug-likeness (QED) is 0.349. The van der Waals surface area contributed by atoms with Crippen LogP contribution < -0.4 is 0 Å². The summed E-state index contributed by atoms with van der Waals surface area (Å²) in [5.41, 5.74) is 4.24. The Kier molecular flexibility index (Phi) is 6.00. The van der Waals surface area contributed by atoms with E-state index in [1.165, 1.54) is 17.2 Å². The van der Waals surface area contributed by atoms with Gasteiger partial charge in [0.2, 0.25) is 0 Å². The molecule has 0 bridgehead atoms. The maximum absolute atomic E-state index is 11.7. The minimum atomic E-state index is -4.46. The van der Waals surface area contributed by atoms with Crippen molar-refractivity contribution in [3.05, 3.63) is 67.3 Å². The molecular formula is C22H21N4O7P. The van der Waals surface area contributed by atoms with Crippen molar-refractivity contribution in [1.29, 1.82) is 0 Å². The molecule has 4 aromatic rings. The predicted molar refractivity (Wildman–Crippen MR) is 120 cm³/mol. The van der Waals surface area contributed by atoms with Crippen LogP contribution in [0.15, 0.2) is 67.3 Å². The van der Waals surface area contributed by atoms with Crippen LogP contribution in [-0.4, -0.2) is 60.2 Å². The molecule has 1 saturated heterocycles. The molecule has 3 heterocycles. The number of aromatic nitrogens is 4. The molecular weight excluding hydrogens is 463 g/mol. The lowest BCUT2D eigenvalue weighted by Crippen LogP contribution is -2.32. The number of aliphatic hydroxyl groups excluding tert-OH is 2. The van der Waals surface area contributed by atoms with Crippen LogP contribution in [0.2, 0.25) is 0 Å². The van der Waals surface area contributed by atoms with Crippen molar-refractivity contribution in [1.82, 2.24) is 19.5 Å². The Morgan fingerprint density at radius 2 is 1.71 bits per heavy atom. The zero-order valence-electron chi connectivity index (χ0n) is 17.9. The maximum atomic E-state index is 11.7. The van der Waals surface area contributed by atoms with Crippen molar-refractivity contribution in [3.8, 4) is 22.4 Å². The second-order valence-electron chi connectivity index (χ2n) is 7.63. The van der Waals surface area contributed by atoms with Gasteiger partial charge in [0.15, 0.2) is 18.2 Å². The third-order valence-corrected chi connectivity index (χ3v) is 6.47. The van der Waals surface area contributed by atoms with Gasteiger partial charge in [-0.05, 0) is 17.2 Å². The van der Waals surface area contributed by atoms with Gasteiger partial charge in [-0.1, -0.05) is 48.5 Å². The lowest BCUT2D eigenvalue weighted by Gasteiger charge is -2.17. The van der Waals surface area contributed by atoms with Crippen molar-refractivity contribution in [2.75, 3.05) is 7.11 Å². The van der Waals surface area contributed by atoms with E-state index in [0.717, 1.165) is 23.8 Å². The topological polar surface area (TPSA) is 149 Å². The van der Waals surface area contributed by atoms with Gasteiger partial charge in [0, 0.05) is 12.7 Å². The van der Waals surface area contributed by atoms with E-state index < -0.39 is 32.5 Å². The maximum Gasteiger partial charge on any atom is 0.474 e. The zero-order valence-corrected chi connectivity index (χ0v) is 18.8. The number of nitrogens with zero attached hydrogens (tertiary/aromatic N) is 4. The third-order valence-electron chi connectivity index (χ3n) is 5.54. The van der Waals surface area contributed by atoms with Crippen LogP contribution in [0, 0.1) is 0 Å². The molecule has 3 N–H and O–H groups in total. The molecule has 1 fully saturated rings. The van der Waals surface area contributed by atoms with Gasteiger partial charge in [0.05, 0.1) is 6.33 Å². The van der Waals surface area contributed by atoms with E-state index in [0.29, 0.717) is 16.9 Å². The molecule has 1 unspecified atom stereocenters. The molecule has 5 atom stereocenters. The Bertz CT molecular complexity index is 1370. The fourth-order valence-corrected chi connectivity index (χ4v) is 4.37. The van der Waals surface area contributed by atoms with E-state index in [1.54, 1.807) is 0 Å². The summed E-state index contributed by atoms with van der Waals surface area (Å²) in [7, 11) is -3.49. The van der Waals surface area contributed by atoms with Crippen molar-refractivity contribution >= 4 is 19.0 Å². The molecule has 1 aliphatic heterocycles. The van der Waals surface area contributed by atoms with Crippen molar-refractivity contribution in [3.63, 3.8) is 0 Å². The first-order chi connectivity index (χ1) is 16.4. The number of benzene rings is 2. The molecule has 12 heteroatoms. The highest BCUT2D eigenvalue weighted by molar-refractivity contribution is 7.47. The molecule has 2 aromatic heterocycles. The molecule has 0 radical (unpaired) electrons. The van der Waals surface area contributed by atoms with Crippen LogP contribution in [0.3, 0.4) is 0 Å². The zero-order chi connectivity index (χ0) is 23.9. The van der Waals surface area contributed by atoms with Gasteiger partial charge in [0.25, 0.3) is 0 Å². The van der Waals surface area contributed by atoms with Gasteiger partial charge < -0.3 is 19.8 Å². The normalized spacial score (nSPS) is 24.4. The molecule has 176 valence electrons. The average molecular weight is 484 g/mol. The van der Waals surface area contributed by atoms with Crippen LogP contribution in [0.1, 0.15) is 6.23 Å². The summed E-state index contributed by atoms with van der Waals surface area (Å²) in [5.74, 6) is 0. The Morgan fingerprint density at radius 3 is 2.47 bits per heavy atom. The van der Waals surface area contributed by atoms with Gasteiger partial charge in [-0.25, -0.2) is 19.5 Å². The fourth-order valence-electron chi connectivity index (χ4n) is 3.85. The Morgan fingerprint density at radius 1 is 0.971 bits per heavy atom. The molecule has 0 amide bonds. The predicted octanol–water partition coefficient (Wildman–Crippen LogP) is 2.50. The lowest BCUT2D eigenvalue weighted by atomic mass is 10.0. The summed E-state index contributed by atoms with van der Waals surface area (Å²) < 4.78 is 27.8. The van der Waals surface area contributed by atoms with Gasteiger partial charge >= 0.3 is 7.82 Å². The molecule has 0 saturated carbocycles. The van der Waals surface area contributed by atoms with Gasteiger partial charge in [-0.2, -0.15) is 0 Å². The standard InChI is InChI=1S/C22H21N4O7P/c1-31-34(29,30)33-22-19(28)18(27)21(32-22)26-12-25-17-16(23-11-24-20(17)26)15-9-5-8-14(10-15)13-6-3-2-4-7-13/h2-12,18-19,21-22,27-28H,1H3,(H,29,30)/t18-,19+,21-,22-/m1/s1. The minimum Gasteiger partial charge on any atom is -0.385 e. The highest BCUT2D eigenvalue weighted by Crippen LogP contribution is 2.47. The number of fused-ring (bicyclic) bond motifs is 1. The number of imidazole rings is 1. The SMILES string of the molecule is COP(=O)(O)O[C@H]1O[C@@H](n2cnc3c(-c4cccc(-c5ccccc5)c4)ncnc32)[C@H](O)[C@@H]1O. The average Bonchev–Trinajstić information content (AvgIpc) is 3.41. The summed E-state index contributed by atoms with van der Waals surface area (Å²) in [6.45, 7) is 0. The second-order valence-corrected chi connectivity index (χ2v) is 9.14. The summed E-state index contributed by atoms with van der Waals surface area (Å²) >= 11 is 0. The molecule has 5 rings (SSSR count). The van der Waals surface area contributed by atoms with Crippen molar-refractivity contribution < 1.29 is 33.5 Å². The number of phosphoric acid groups is 1. The van der Waals surface area contributed by atoms with E-state index in [4.69, 9.17) is 9.26 Å². The van der Waals surface area contributed by atoms with E-state index >= 15 is 0 Å². The lowest BCUT2D eigenvalue weighted by molar-refractivity contribution is -0.135. The van der Waals surface area contributed by atoms with Gasteiger partial charge in [-0.15, -0.1) is 0 Å². The minimum absolute atomic E-state index is 0.339. The number of hydrogen-bond donors (Lipinski definition) is 3. The first-order valence-corrected chi connectivity index (χ1v) is 11.8. The highest BCUT2D eigenvalue weighted by Gasteiger charge is 2.48. The molecule has 11 nitrogen and oxygen atoms in total. The van der Waals surface area contributed by atoms with Crippen LogP contribution >= 0.6 is 7.82 Å². The largest absolute Gasteiger partial charge is 0.474 e. The summed E-state index contributed by atoms with van der Waals surface area (Å²) in [5, 5.41) is 20.8. The molecule has 0 spiro atoms. The second kappa shape index (κ2) is 8.97. The van der Waals surface area contributed by atoms with Crippen LogP contribution in [0.5, 0.6) is 0 Å². The number of ether oxygens (including phenoxy) is 1. The smallest absolute Gasteiger partial charge is 0.385 e. The highest BCUT2D eigenvalue weighted by atomic mass is 31.2. The number of hydrogen-bond acceptors (Lipinski definition) is 9. The van der Waals surface area contributed by atoms with E-state index in [-0.39, 0.29) is 0 Å². The van der Waals surface area contributed by atoms with E-state index in [9.17, 15) is 19.7 Å². The summed E-state index contributed by atoms with van der Waals surface area (Å²) in [6.07, 6.45) is -3.12. The Balaban J connectivity index is 1.50. The van der Waals surface area contributed by atoms with Crippen LogP contribution in [0.4, 0.5) is 0 Å². The Labute approximate surface area is 193 Å². The number of aliphatic hydroxyl groups is 2. The number of rotatable bonds is 6. The Hall–Kier alpha value is -3.02. The van der Waals surface area contributed by atoms with E-state index in [2.05, 4.69) is 19.5 Å². The van der Waals surface area contributed by atoms with E-state index in [1.807, 2.05) is 54.6 Å². The molecule has 1 aliphatic rings. The summed E-state index contributed by atoms with van der Waals surface area (Å²) in [4.78, 5) is 22.6. The first-order valence-electron chi connectivity index (χ1n) is 10.3. The van der Waals surface area contributed by atoms with Crippen molar-refractivity contribution in [2.24, 2.45) is 0 Å². The van der Waals surface area contributed by atoms with Crippen LogP contribution in [0.25, 0.3) is 33.5 Å². The molecule has 2 aromatic carbocycles. The fraction of sp³-hybridized carbons (Fsp3) is 0.227. The van der Waals surface area contributed by atoms with Crippen LogP contribution in [-0.2, 0) is 18.3 Å². The third kappa shape index (κ3) is 4.15. The number of phosphoric ester groups is 1. The first kappa shape index (κ1) is 22.8. The summed E-state index contributed by atoms with van der Waals surface area (Å²) in [6, 6.07) is 17.7. The monoisotopic (exact) mass is 484 g/mol.